The van der Waals surface area contributed by atoms with E-state index < -0.39 is 0 Å². The van der Waals surface area contributed by atoms with Crippen molar-refractivity contribution in [3.05, 3.63) is 95.0 Å². The summed E-state index contributed by atoms with van der Waals surface area (Å²) >= 11 is 5.87. The van der Waals surface area contributed by atoms with Crippen molar-refractivity contribution in [3.8, 4) is 0 Å². The molecule has 1 N–H and O–H groups in total. The molecule has 5 heteroatoms. The summed E-state index contributed by atoms with van der Waals surface area (Å²) in [5.41, 5.74) is 7.47. The third-order valence-electron chi connectivity index (χ3n) is 4.11. The molecule has 0 saturated carbocycles. The molecule has 0 fully saturated rings. The van der Waals surface area contributed by atoms with E-state index in [1.54, 1.807) is 0 Å². The molecule has 0 bridgehead atoms. The fourth-order valence-electron chi connectivity index (χ4n) is 2.67. The Bertz CT molecular complexity index is 832. The van der Waals surface area contributed by atoms with Crippen LogP contribution >= 0.6 is 24.0 Å². The van der Waals surface area contributed by atoms with Gasteiger partial charge in [0.15, 0.2) is 0 Å². The Kier molecular flexibility index (Phi) is 8.18. The van der Waals surface area contributed by atoms with Crippen molar-refractivity contribution in [2.45, 2.75) is 13.5 Å². The van der Waals surface area contributed by atoms with E-state index in [4.69, 9.17) is 11.6 Å². The summed E-state index contributed by atoms with van der Waals surface area (Å²) in [7, 11) is 0. The minimum atomic E-state index is 0. The number of nitrogens with one attached hydrogen (secondary N) is 1. The van der Waals surface area contributed by atoms with Crippen LogP contribution < -0.4 is 10.3 Å². The highest BCUT2D eigenvalue weighted by molar-refractivity contribution is 6.30. The van der Waals surface area contributed by atoms with Gasteiger partial charge in [-0.3, -0.25) is 5.43 Å². The second-order valence-corrected chi connectivity index (χ2v) is 6.40. The Labute approximate surface area is 172 Å². The molecule has 0 aliphatic rings. The van der Waals surface area contributed by atoms with Gasteiger partial charge in [-0.2, -0.15) is 5.10 Å². The molecule has 3 aromatic carbocycles. The maximum Gasteiger partial charge on any atom is 0.0562 e. The topological polar surface area (TPSA) is 27.6 Å². The van der Waals surface area contributed by atoms with Crippen LogP contribution in [0.4, 0.5) is 11.4 Å². The first kappa shape index (κ1) is 20.8. The molecule has 0 unspecified atom stereocenters. The third kappa shape index (κ3) is 6.31. The summed E-state index contributed by atoms with van der Waals surface area (Å²) in [6, 6.07) is 26.4. The van der Waals surface area contributed by atoms with Crippen LogP contribution in [0.25, 0.3) is 0 Å². The van der Waals surface area contributed by atoms with E-state index in [1.807, 2.05) is 36.5 Å². The van der Waals surface area contributed by atoms with Crippen LogP contribution in [0.2, 0.25) is 5.02 Å². The van der Waals surface area contributed by atoms with Crippen molar-refractivity contribution in [1.29, 1.82) is 0 Å². The van der Waals surface area contributed by atoms with E-state index in [1.165, 1.54) is 11.3 Å². The molecule has 0 aliphatic carbocycles. The zero-order chi connectivity index (χ0) is 18.2. The van der Waals surface area contributed by atoms with E-state index in [2.05, 4.69) is 70.9 Å². The lowest BCUT2D eigenvalue weighted by Crippen LogP contribution is -2.21. The Morgan fingerprint density at radius 1 is 0.926 bits per heavy atom. The van der Waals surface area contributed by atoms with Crippen molar-refractivity contribution < 1.29 is 0 Å². The summed E-state index contributed by atoms with van der Waals surface area (Å²) in [6.45, 7) is 4.04. The first-order valence-corrected chi connectivity index (χ1v) is 9.06. The van der Waals surface area contributed by atoms with Gasteiger partial charge in [0.1, 0.15) is 0 Å². The Balaban J connectivity index is 0.00000261. The van der Waals surface area contributed by atoms with Gasteiger partial charge in [-0.05, 0) is 54.4 Å². The monoisotopic (exact) mass is 399 g/mol. The molecule has 0 radical (unpaired) electrons. The second kappa shape index (κ2) is 10.6. The maximum atomic E-state index is 5.87. The van der Waals surface area contributed by atoms with Crippen LogP contribution in [0.3, 0.4) is 0 Å². The number of anilines is 2. The molecule has 0 amide bonds. The Morgan fingerprint density at radius 2 is 1.59 bits per heavy atom. The molecular weight excluding hydrogens is 377 g/mol. The zero-order valence-electron chi connectivity index (χ0n) is 15.2. The first-order valence-electron chi connectivity index (χ1n) is 8.68. The lowest BCUT2D eigenvalue weighted by Gasteiger charge is -2.23. The van der Waals surface area contributed by atoms with Gasteiger partial charge >= 0.3 is 0 Å². The van der Waals surface area contributed by atoms with Gasteiger partial charge in [0, 0.05) is 23.8 Å². The van der Waals surface area contributed by atoms with E-state index in [0.717, 1.165) is 24.3 Å². The first-order chi connectivity index (χ1) is 12.7. The van der Waals surface area contributed by atoms with Gasteiger partial charge < -0.3 is 4.90 Å². The number of nitrogens with zero attached hydrogens (tertiary/aromatic N) is 2. The highest BCUT2D eigenvalue weighted by Gasteiger charge is 2.04. The lowest BCUT2D eigenvalue weighted by atomic mass is 10.1. The average molecular weight is 400 g/mol. The van der Waals surface area contributed by atoms with Crippen LogP contribution in [0.15, 0.2) is 84.0 Å². The summed E-state index contributed by atoms with van der Waals surface area (Å²) in [5, 5.41) is 4.99. The standard InChI is InChI=1S/C22H22ClN3.ClH/c1-2-26(17-19-6-4-3-5-7-19)22-14-8-18(9-15-22)16-24-25-21-12-10-20(23)11-13-21;/h3-16,25H,2,17H2,1H3;1H/b24-16+;. The van der Waals surface area contributed by atoms with E-state index >= 15 is 0 Å². The van der Waals surface area contributed by atoms with Gasteiger partial charge in [0.25, 0.3) is 0 Å². The number of hydrogen-bond donors (Lipinski definition) is 1. The van der Waals surface area contributed by atoms with Crippen molar-refractivity contribution in [1.82, 2.24) is 0 Å². The van der Waals surface area contributed by atoms with Gasteiger partial charge in [-0.15, -0.1) is 12.4 Å². The summed E-state index contributed by atoms with van der Waals surface area (Å²) in [4.78, 5) is 2.35. The SMILES string of the molecule is CCN(Cc1ccccc1)c1ccc(/C=N/Nc2ccc(Cl)cc2)cc1.Cl. The van der Waals surface area contributed by atoms with Crippen LogP contribution in [-0.4, -0.2) is 12.8 Å². The second-order valence-electron chi connectivity index (χ2n) is 5.97. The van der Waals surface area contributed by atoms with E-state index in [-0.39, 0.29) is 12.4 Å². The summed E-state index contributed by atoms with van der Waals surface area (Å²) in [5.74, 6) is 0. The zero-order valence-corrected chi connectivity index (χ0v) is 16.8. The molecule has 0 saturated heterocycles. The molecule has 0 aromatic heterocycles. The molecule has 0 spiro atoms. The molecule has 140 valence electrons. The quantitative estimate of drug-likeness (QED) is 0.376. The number of hydrogen-bond acceptors (Lipinski definition) is 3. The van der Waals surface area contributed by atoms with Crippen molar-refractivity contribution >= 4 is 41.6 Å². The van der Waals surface area contributed by atoms with Gasteiger partial charge in [0.2, 0.25) is 0 Å². The Morgan fingerprint density at radius 3 is 2.22 bits per heavy atom. The maximum absolute atomic E-state index is 5.87. The van der Waals surface area contributed by atoms with E-state index in [9.17, 15) is 0 Å². The minimum absolute atomic E-state index is 0. The van der Waals surface area contributed by atoms with E-state index in [0.29, 0.717) is 5.02 Å². The largest absolute Gasteiger partial charge is 0.367 e. The fourth-order valence-corrected chi connectivity index (χ4v) is 2.79. The van der Waals surface area contributed by atoms with Gasteiger partial charge in [-0.1, -0.05) is 54.1 Å². The summed E-state index contributed by atoms with van der Waals surface area (Å²) in [6.07, 6.45) is 1.81. The fraction of sp³-hybridized carbons (Fsp3) is 0.136. The number of halogens is 2. The number of hydrazone groups is 1. The third-order valence-corrected chi connectivity index (χ3v) is 4.36. The predicted molar refractivity (Wildman–Crippen MR) is 120 cm³/mol. The summed E-state index contributed by atoms with van der Waals surface area (Å²) < 4.78 is 0. The normalized spacial score (nSPS) is 10.4. The molecular formula is C22H23Cl2N3. The molecule has 0 atom stereocenters. The molecule has 3 rings (SSSR count). The predicted octanol–water partition coefficient (Wildman–Crippen LogP) is 6.23. The molecule has 0 heterocycles. The minimum Gasteiger partial charge on any atom is -0.367 e. The average Bonchev–Trinajstić information content (AvgIpc) is 2.69. The molecule has 3 aromatic rings. The Hall–Kier alpha value is -2.49. The van der Waals surface area contributed by atoms with Crippen LogP contribution in [0, 0.1) is 0 Å². The highest BCUT2D eigenvalue weighted by Crippen LogP contribution is 2.18. The molecule has 27 heavy (non-hydrogen) atoms. The van der Waals surface area contributed by atoms with Gasteiger partial charge in [0.05, 0.1) is 11.9 Å². The van der Waals surface area contributed by atoms with Crippen molar-refractivity contribution in [3.63, 3.8) is 0 Å². The van der Waals surface area contributed by atoms with Crippen LogP contribution in [0.1, 0.15) is 18.1 Å². The van der Waals surface area contributed by atoms with Gasteiger partial charge in [-0.25, -0.2) is 0 Å². The van der Waals surface area contributed by atoms with Crippen LogP contribution in [0.5, 0.6) is 0 Å². The lowest BCUT2D eigenvalue weighted by molar-refractivity contribution is 0.832. The van der Waals surface area contributed by atoms with Crippen LogP contribution in [-0.2, 0) is 6.54 Å². The number of benzene rings is 3. The molecule has 0 aliphatic heterocycles. The smallest absolute Gasteiger partial charge is 0.0562 e. The van der Waals surface area contributed by atoms with Crippen molar-refractivity contribution in [2.75, 3.05) is 16.9 Å². The van der Waals surface area contributed by atoms with Crippen molar-refractivity contribution in [2.24, 2.45) is 5.10 Å². The number of rotatable bonds is 7. The highest BCUT2D eigenvalue weighted by atomic mass is 35.5. The molecule has 3 nitrogen and oxygen atoms in total.